The summed E-state index contributed by atoms with van der Waals surface area (Å²) in [5.74, 6) is 3.89. The molecule has 29 heavy (non-hydrogen) atoms. The van der Waals surface area contributed by atoms with Crippen molar-refractivity contribution < 1.29 is 19.1 Å². The molecule has 2 heterocycles. The summed E-state index contributed by atoms with van der Waals surface area (Å²) >= 11 is 0. The van der Waals surface area contributed by atoms with Crippen LogP contribution in [0.2, 0.25) is 0 Å². The molecule has 1 saturated heterocycles. The third kappa shape index (κ3) is 2.90. The third-order valence-corrected chi connectivity index (χ3v) is 7.82. The fourth-order valence-corrected chi connectivity index (χ4v) is 6.98. The summed E-state index contributed by atoms with van der Waals surface area (Å²) in [4.78, 5) is 27.8. The molecule has 0 aromatic heterocycles. The lowest BCUT2D eigenvalue weighted by Crippen LogP contribution is -2.55. The van der Waals surface area contributed by atoms with Gasteiger partial charge in [-0.15, -0.1) is 0 Å². The molecule has 6 heteroatoms. The van der Waals surface area contributed by atoms with Crippen molar-refractivity contribution >= 4 is 17.5 Å². The first-order valence-electron chi connectivity index (χ1n) is 11.1. The van der Waals surface area contributed by atoms with Crippen LogP contribution in [0.4, 0.5) is 5.69 Å². The van der Waals surface area contributed by atoms with E-state index in [-0.39, 0.29) is 23.3 Å². The normalized spacial score (nSPS) is 37.1. The molecule has 2 aliphatic heterocycles. The highest BCUT2D eigenvalue weighted by Crippen LogP contribution is 2.60. The quantitative estimate of drug-likeness (QED) is 0.853. The SMILES string of the molecule is O=C1C[C@@H](NC(=O)C23CC4CC(CC(C4)C2)C3)CN1c1ccc2c(c1)OCCO2. The summed E-state index contributed by atoms with van der Waals surface area (Å²) in [5, 5.41) is 3.27. The van der Waals surface area contributed by atoms with Gasteiger partial charge in [0, 0.05) is 30.1 Å². The van der Waals surface area contributed by atoms with Crippen molar-refractivity contribution in [2.45, 2.75) is 51.0 Å². The van der Waals surface area contributed by atoms with Crippen LogP contribution in [0.3, 0.4) is 0 Å². The van der Waals surface area contributed by atoms with Gasteiger partial charge in [-0.25, -0.2) is 0 Å². The molecule has 6 aliphatic rings. The Hall–Kier alpha value is -2.24. The molecule has 7 rings (SSSR count). The van der Waals surface area contributed by atoms with Gasteiger partial charge < -0.3 is 19.7 Å². The highest BCUT2D eigenvalue weighted by Gasteiger charge is 2.55. The minimum absolute atomic E-state index is 0.0532. The Morgan fingerprint density at radius 3 is 2.34 bits per heavy atom. The average molecular weight is 396 g/mol. The van der Waals surface area contributed by atoms with Crippen LogP contribution in [-0.2, 0) is 9.59 Å². The van der Waals surface area contributed by atoms with Crippen molar-refractivity contribution in [1.82, 2.24) is 5.32 Å². The molecule has 154 valence electrons. The van der Waals surface area contributed by atoms with Crippen molar-refractivity contribution in [2.24, 2.45) is 23.2 Å². The zero-order valence-electron chi connectivity index (χ0n) is 16.7. The molecule has 1 atom stereocenters. The van der Waals surface area contributed by atoms with Crippen molar-refractivity contribution in [3.63, 3.8) is 0 Å². The Balaban J connectivity index is 1.16. The number of rotatable bonds is 3. The minimum atomic E-state index is -0.164. The molecular weight excluding hydrogens is 368 g/mol. The number of nitrogens with zero attached hydrogens (tertiary/aromatic N) is 1. The fraction of sp³-hybridized carbons (Fsp3) is 0.652. The third-order valence-electron chi connectivity index (χ3n) is 7.82. The van der Waals surface area contributed by atoms with E-state index in [0.29, 0.717) is 31.9 Å². The number of carbonyl (C=O) groups excluding carboxylic acids is 2. The Morgan fingerprint density at radius 2 is 1.66 bits per heavy atom. The van der Waals surface area contributed by atoms with E-state index in [1.165, 1.54) is 19.3 Å². The maximum Gasteiger partial charge on any atom is 0.229 e. The van der Waals surface area contributed by atoms with E-state index in [9.17, 15) is 9.59 Å². The molecule has 1 aromatic rings. The smallest absolute Gasteiger partial charge is 0.229 e. The van der Waals surface area contributed by atoms with Gasteiger partial charge in [-0.05, 0) is 68.4 Å². The number of anilines is 1. The van der Waals surface area contributed by atoms with E-state index in [1.54, 1.807) is 4.90 Å². The lowest BCUT2D eigenvalue weighted by molar-refractivity contribution is -0.146. The second kappa shape index (κ2) is 6.38. The largest absolute Gasteiger partial charge is 0.486 e. The number of nitrogens with one attached hydrogen (secondary N) is 1. The number of amides is 2. The van der Waals surface area contributed by atoms with Gasteiger partial charge in [-0.2, -0.15) is 0 Å². The monoisotopic (exact) mass is 396 g/mol. The lowest BCUT2D eigenvalue weighted by atomic mass is 9.49. The summed E-state index contributed by atoms with van der Waals surface area (Å²) < 4.78 is 11.2. The van der Waals surface area contributed by atoms with Crippen LogP contribution in [0.1, 0.15) is 44.9 Å². The molecular formula is C23H28N2O4. The number of benzene rings is 1. The molecule has 0 unspecified atom stereocenters. The molecule has 4 saturated carbocycles. The number of fused-ring (bicyclic) bond motifs is 1. The summed E-state index contributed by atoms with van der Waals surface area (Å²) in [6.07, 6.45) is 7.50. The second-order valence-corrected chi connectivity index (χ2v) is 9.90. The Bertz CT molecular complexity index is 831. The van der Waals surface area contributed by atoms with Crippen molar-refractivity contribution in [3.05, 3.63) is 18.2 Å². The van der Waals surface area contributed by atoms with E-state index in [0.717, 1.165) is 48.5 Å². The van der Waals surface area contributed by atoms with Crippen LogP contribution < -0.4 is 19.7 Å². The van der Waals surface area contributed by atoms with E-state index in [1.807, 2.05) is 18.2 Å². The molecule has 0 spiro atoms. The number of hydrogen-bond donors (Lipinski definition) is 1. The average Bonchev–Trinajstić information content (AvgIpc) is 3.06. The van der Waals surface area contributed by atoms with Gasteiger partial charge in [-0.3, -0.25) is 9.59 Å². The van der Waals surface area contributed by atoms with Crippen molar-refractivity contribution in [2.75, 3.05) is 24.7 Å². The van der Waals surface area contributed by atoms with Crippen LogP contribution in [0.25, 0.3) is 0 Å². The molecule has 6 nitrogen and oxygen atoms in total. The number of carbonyl (C=O) groups is 2. The van der Waals surface area contributed by atoms with E-state index < -0.39 is 0 Å². The summed E-state index contributed by atoms with van der Waals surface area (Å²) in [6.45, 7) is 1.60. The standard InChI is InChI=1S/C23H28N2O4/c26-21-8-17(13-25(21)18-1-2-19-20(9-18)29-4-3-28-19)24-22(27)23-10-14-5-15(11-23)7-16(6-14)12-23/h1-2,9,14-17H,3-8,10-13H2,(H,24,27)/t14?,15?,16?,17-,23?/m1/s1. The highest BCUT2D eigenvalue weighted by atomic mass is 16.6. The van der Waals surface area contributed by atoms with Crippen LogP contribution in [-0.4, -0.2) is 37.6 Å². The van der Waals surface area contributed by atoms with Crippen LogP contribution in [0.5, 0.6) is 11.5 Å². The minimum Gasteiger partial charge on any atom is -0.486 e. The van der Waals surface area contributed by atoms with Crippen LogP contribution >= 0.6 is 0 Å². The zero-order chi connectivity index (χ0) is 19.6. The van der Waals surface area contributed by atoms with E-state index in [2.05, 4.69) is 5.32 Å². The molecule has 2 amide bonds. The fourth-order valence-electron chi connectivity index (χ4n) is 6.98. The summed E-state index contributed by atoms with van der Waals surface area (Å²) in [6, 6.07) is 5.51. The van der Waals surface area contributed by atoms with Gasteiger partial charge in [-0.1, -0.05) is 0 Å². The molecule has 0 radical (unpaired) electrons. The second-order valence-electron chi connectivity index (χ2n) is 9.90. The van der Waals surface area contributed by atoms with E-state index >= 15 is 0 Å². The first-order valence-corrected chi connectivity index (χ1v) is 11.1. The molecule has 4 aliphatic carbocycles. The summed E-state index contributed by atoms with van der Waals surface area (Å²) in [7, 11) is 0. The molecule has 5 fully saturated rings. The maximum absolute atomic E-state index is 13.3. The first kappa shape index (κ1) is 17.6. The van der Waals surface area contributed by atoms with Crippen molar-refractivity contribution in [1.29, 1.82) is 0 Å². The first-order chi connectivity index (χ1) is 14.1. The Morgan fingerprint density at radius 1 is 1.00 bits per heavy atom. The predicted molar refractivity (Wildman–Crippen MR) is 107 cm³/mol. The van der Waals surface area contributed by atoms with Gasteiger partial charge in [0.05, 0.1) is 6.04 Å². The number of hydrogen-bond acceptors (Lipinski definition) is 4. The Kier molecular flexibility index (Phi) is 3.87. The summed E-state index contributed by atoms with van der Waals surface area (Å²) in [5.41, 5.74) is 0.646. The van der Waals surface area contributed by atoms with Gasteiger partial charge in [0.1, 0.15) is 13.2 Å². The predicted octanol–water partition coefficient (Wildman–Crippen LogP) is 2.90. The maximum atomic E-state index is 13.3. The highest BCUT2D eigenvalue weighted by molar-refractivity contribution is 5.97. The topological polar surface area (TPSA) is 67.9 Å². The Labute approximate surface area is 170 Å². The molecule has 1 N–H and O–H groups in total. The van der Waals surface area contributed by atoms with Gasteiger partial charge >= 0.3 is 0 Å². The number of ether oxygens (including phenoxy) is 2. The van der Waals surface area contributed by atoms with Gasteiger partial charge in [0.15, 0.2) is 11.5 Å². The van der Waals surface area contributed by atoms with Crippen LogP contribution in [0, 0.1) is 23.2 Å². The molecule has 1 aromatic carbocycles. The lowest BCUT2D eigenvalue weighted by Gasteiger charge is -2.55. The van der Waals surface area contributed by atoms with Gasteiger partial charge in [0.25, 0.3) is 0 Å². The van der Waals surface area contributed by atoms with Crippen LogP contribution in [0.15, 0.2) is 18.2 Å². The van der Waals surface area contributed by atoms with Crippen molar-refractivity contribution in [3.8, 4) is 11.5 Å². The van der Waals surface area contributed by atoms with E-state index in [4.69, 9.17) is 9.47 Å². The molecule has 4 bridgehead atoms. The zero-order valence-corrected chi connectivity index (χ0v) is 16.7. The van der Waals surface area contributed by atoms with Gasteiger partial charge in [0.2, 0.25) is 11.8 Å².